The van der Waals surface area contributed by atoms with E-state index in [0.717, 1.165) is 19.4 Å². The van der Waals surface area contributed by atoms with Crippen molar-refractivity contribution in [2.24, 2.45) is 5.92 Å². The molecule has 2 amide bonds. The van der Waals surface area contributed by atoms with E-state index in [1.54, 1.807) is 0 Å². The van der Waals surface area contributed by atoms with Gasteiger partial charge in [-0.1, -0.05) is 18.2 Å². The van der Waals surface area contributed by atoms with Crippen molar-refractivity contribution >= 4 is 12.0 Å². The maximum Gasteiger partial charge on any atom is 0.410 e. The van der Waals surface area contributed by atoms with E-state index in [2.05, 4.69) is 0 Å². The first-order valence-corrected chi connectivity index (χ1v) is 8.36. The normalized spacial score (nSPS) is 23.8. The van der Waals surface area contributed by atoms with Crippen LogP contribution in [-0.4, -0.2) is 53.6 Å². The van der Waals surface area contributed by atoms with Crippen LogP contribution in [0.3, 0.4) is 0 Å². The highest BCUT2D eigenvalue weighted by atomic mass is 16.6. The summed E-state index contributed by atoms with van der Waals surface area (Å²) in [5.74, 6) is 0.391. The standard InChI is InChI=1S/C18H24N2O3/c1-13(2)23-18(22)20-11-14-8-9-16(20)12-19(10-14)17(21)15-6-4-3-5-7-15/h3-7,13-14,16H,8-12H2,1-2H3/t14-,16+/m0/s1. The third kappa shape index (κ3) is 3.49. The molecule has 0 unspecified atom stereocenters. The summed E-state index contributed by atoms with van der Waals surface area (Å²) in [7, 11) is 0. The molecular formula is C18H24N2O3. The molecule has 3 saturated heterocycles. The Balaban J connectivity index is 1.74. The number of hydrogen-bond donors (Lipinski definition) is 0. The number of piperidine rings is 1. The van der Waals surface area contributed by atoms with Crippen LogP contribution in [0, 0.1) is 5.92 Å². The topological polar surface area (TPSA) is 49.9 Å². The van der Waals surface area contributed by atoms with Crippen molar-refractivity contribution in [3.8, 4) is 0 Å². The van der Waals surface area contributed by atoms with Gasteiger partial charge in [0.15, 0.2) is 0 Å². The maximum atomic E-state index is 12.7. The Kier molecular flexibility index (Phi) is 4.55. The third-order valence-corrected chi connectivity index (χ3v) is 4.59. The van der Waals surface area contributed by atoms with Gasteiger partial charge in [-0.15, -0.1) is 0 Å². The smallest absolute Gasteiger partial charge is 0.410 e. The van der Waals surface area contributed by atoms with E-state index >= 15 is 0 Å². The average molecular weight is 316 g/mol. The molecule has 0 saturated carbocycles. The second kappa shape index (κ2) is 6.60. The molecule has 0 aliphatic carbocycles. The number of ether oxygens (including phenoxy) is 1. The van der Waals surface area contributed by atoms with Crippen LogP contribution >= 0.6 is 0 Å². The van der Waals surface area contributed by atoms with E-state index in [4.69, 9.17) is 4.74 Å². The van der Waals surface area contributed by atoms with E-state index in [9.17, 15) is 9.59 Å². The number of hydrogen-bond acceptors (Lipinski definition) is 3. The lowest BCUT2D eigenvalue weighted by molar-refractivity contribution is 0.0480. The van der Waals surface area contributed by atoms with Crippen molar-refractivity contribution in [2.45, 2.75) is 38.8 Å². The summed E-state index contributed by atoms with van der Waals surface area (Å²) in [6.45, 7) is 5.72. The van der Waals surface area contributed by atoms with Gasteiger partial charge < -0.3 is 14.5 Å². The summed E-state index contributed by atoms with van der Waals surface area (Å²) >= 11 is 0. The lowest BCUT2D eigenvalue weighted by atomic mass is 9.95. The van der Waals surface area contributed by atoms with E-state index in [1.165, 1.54) is 0 Å². The van der Waals surface area contributed by atoms with Crippen LogP contribution in [0.4, 0.5) is 4.79 Å². The molecule has 1 aromatic carbocycles. The summed E-state index contributed by atoms with van der Waals surface area (Å²) in [4.78, 5) is 28.7. The lowest BCUT2D eigenvalue weighted by Crippen LogP contribution is -2.48. The number of benzene rings is 1. The van der Waals surface area contributed by atoms with E-state index < -0.39 is 0 Å². The van der Waals surface area contributed by atoms with Gasteiger partial charge in [0.1, 0.15) is 0 Å². The Morgan fingerprint density at radius 2 is 1.83 bits per heavy atom. The highest BCUT2D eigenvalue weighted by molar-refractivity contribution is 5.94. The zero-order chi connectivity index (χ0) is 16.4. The number of carbonyl (C=O) groups excluding carboxylic acids is 2. The van der Waals surface area contributed by atoms with Gasteiger partial charge in [0.25, 0.3) is 5.91 Å². The minimum Gasteiger partial charge on any atom is -0.447 e. The molecule has 0 spiro atoms. The zero-order valence-corrected chi connectivity index (χ0v) is 13.8. The molecule has 1 aromatic rings. The van der Waals surface area contributed by atoms with Gasteiger partial charge in [-0.05, 0) is 44.7 Å². The highest BCUT2D eigenvalue weighted by Crippen LogP contribution is 2.29. The lowest BCUT2D eigenvalue weighted by Gasteiger charge is -2.35. The molecule has 0 radical (unpaired) electrons. The number of amides is 2. The van der Waals surface area contributed by atoms with Gasteiger partial charge in [0, 0.05) is 25.2 Å². The summed E-state index contributed by atoms with van der Waals surface area (Å²) in [6, 6.07) is 9.43. The fourth-order valence-electron chi connectivity index (χ4n) is 3.50. The van der Waals surface area contributed by atoms with Gasteiger partial charge in [0.2, 0.25) is 0 Å². The number of carbonyl (C=O) groups is 2. The third-order valence-electron chi connectivity index (χ3n) is 4.59. The fraction of sp³-hybridized carbons (Fsp3) is 0.556. The molecule has 3 aliphatic rings. The second-order valence-corrected chi connectivity index (χ2v) is 6.76. The molecule has 4 rings (SSSR count). The van der Waals surface area contributed by atoms with Crippen LogP contribution < -0.4 is 0 Å². The number of rotatable bonds is 2. The first-order valence-electron chi connectivity index (χ1n) is 8.36. The van der Waals surface area contributed by atoms with Crippen LogP contribution in [0.5, 0.6) is 0 Å². The number of fused-ring (bicyclic) bond motifs is 4. The minimum atomic E-state index is -0.247. The van der Waals surface area contributed by atoms with E-state index in [-0.39, 0.29) is 24.1 Å². The molecule has 124 valence electrons. The van der Waals surface area contributed by atoms with Gasteiger partial charge >= 0.3 is 6.09 Å². The fourth-order valence-corrected chi connectivity index (χ4v) is 3.50. The van der Waals surface area contributed by atoms with Crippen molar-refractivity contribution in [3.05, 3.63) is 35.9 Å². The molecule has 2 bridgehead atoms. The largest absolute Gasteiger partial charge is 0.447 e. The Morgan fingerprint density at radius 1 is 1.09 bits per heavy atom. The quantitative estimate of drug-likeness (QED) is 0.843. The molecule has 5 heteroatoms. The first kappa shape index (κ1) is 15.8. The molecule has 3 fully saturated rings. The molecule has 0 aromatic heterocycles. The van der Waals surface area contributed by atoms with Crippen molar-refractivity contribution in [2.75, 3.05) is 19.6 Å². The molecular weight excluding hydrogens is 292 g/mol. The Labute approximate surface area is 137 Å². The van der Waals surface area contributed by atoms with E-state index in [1.807, 2.05) is 54.0 Å². The van der Waals surface area contributed by atoms with Crippen LogP contribution in [-0.2, 0) is 4.74 Å². The molecule has 23 heavy (non-hydrogen) atoms. The van der Waals surface area contributed by atoms with Crippen LogP contribution in [0.25, 0.3) is 0 Å². The summed E-state index contributed by atoms with van der Waals surface area (Å²) in [5.41, 5.74) is 0.713. The van der Waals surface area contributed by atoms with Crippen LogP contribution in [0.15, 0.2) is 30.3 Å². The monoisotopic (exact) mass is 316 g/mol. The average Bonchev–Trinajstić information content (AvgIpc) is 2.86. The Bertz CT molecular complexity index is 573. The minimum absolute atomic E-state index is 0.0570. The van der Waals surface area contributed by atoms with Crippen LogP contribution in [0.2, 0.25) is 0 Å². The highest BCUT2D eigenvalue weighted by Gasteiger charge is 2.39. The van der Waals surface area contributed by atoms with Gasteiger partial charge in [-0.3, -0.25) is 4.79 Å². The van der Waals surface area contributed by atoms with E-state index in [0.29, 0.717) is 24.6 Å². The Morgan fingerprint density at radius 3 is 2.52 bits per heavy atom. The summed E-state index contributed by atoms with van der Waals surface area (Å²) < 4.78 is 5.36. The van der Waals surface area contributed by atoms with Gasteiger partial charge in [-0.25, -0.2) is 4.79 Å². The summed E-state index contributed by atoms with van der Waals surface area (Å²) in [5, 5.41) is 0. The van der Waals surface area contributed by atoms with Crippen molar-refractivity contribution in [3.63, 3.8) is 0 Å². The zero-order valence-electron chi connectivity index (χ0n) is 13.8. The van der Waals surface area contributed by atoms with Gasteiger partial charge in [-0.2, -0.15) is 0 Å². The molecule has 3 heterocycles. The van der Waals surface area contributed by atoms with Crippen molar-refractivity contribution in [1.29, 1.82) is 0 Å². The van der Waals surface area contributed by atoms with Crippen LogP contribution in [0.1, 0.15) is 37.0 Å². The first-order chi connectivity index (χ1) is 11.0. The van der Waals surface area contributed by atoms with Gasteiger partial charge in [0.05, 0.1) is 12.1 Å². The maximum absolute atomic E-state index is 12.7. The van der Waals surface area contributed by atoms with Crippen molar-refractivity contribution in [1.82, 2.24) is 9.80 Å². The molecule has 5 nitrogen and oxygen atoms in total. The predicted octanol–water partition coefficient (Wildman–Crippen LogP) is 2.77. The predicted molar refractivity (Wildman–Crippen MR) is 87.2 cm³/mol. The molecule has 3 aliphatic heterocycles. The Hall–Kier alpha value is -2.04. The second-order valence-electron chi connectivity index (χ2n) is 6.76. The van der Waals surface area contributed by atoms with Crippen molar-refractivity contribution < 1.29 is 14.3 Å². The summed E-state index contributed by atoms with van der Waals surface area (Å²) in [6.07, 6.45) is 1.64. The molecule has 0 N–H and O–H groups in total. The SMILES string of the molecule is CC(C)OC(=O)N1C[C@H]2CC[C@@H]1CN(C(=O)c1ccccc1)C2. The number of nitrogens with zero attached hydrogens (tertiary/aromatic N) is 2. The molecule has 2 atom stereocenters.